The predicted octanol–water partition coefficient (Wildman–Crippen LogP) is 1.93. The van der Waals surface area contributed by atoms with Crippen molar-refractivity contribution in [3.8, 4) is 0 Å². The molecule has 0 spiro atoms. The lowest BCUT2D eigenvalue weighted by molar-refractivity contribution is -0.123. The summed E-state index contributed by atoms with van der Waals surface area (Å²) >= 11 is 0. The number of Topliss-reactive ketones (excluding diaryl/α,β-unsaturated/α-hetero) is 1. The Morgan fingerprint density at radius 3 is 2.41 bits per heavy atom. The topological polar surface area (TPSA) is 29.1 Å². The van der Waals surface area contributed by atoms with Gasteiger partial charge in [0, 0.05) is 18.4 Å². The Morgan fingerprint density at radius 1 is 1.35 bits per heavy atom. The molecule has 1 aromatic carbocycles. The van der Waals surface area contributed by atoms with Gasteiger partial charge in [0.15, 0.2) is 0 Å². The highest BCUT2D eigenvalue weighted by Crippen LogP contribution is 2.19. The van der Waals surface area contributed by atoms with E-state index in [4.69, 9.17) is 0 Å². The van der Waals surface area contributed by atoms with Gasteiger partial charge in [0.05, 0.1) is 0 Å². The number of ketones is 1. The van der Waals surface area contributed by atoms with Gasteiger partial charge in [-0.1, -0.05) is 6.92 Å². The van der Waals surface area contributed by atoms with E-state index in [0.717, 1.165) is 19.2 Å². The summed E-state index contributed by atoms with van der Waals surface area (Å²) in [6.45, 7) is 3.58. The van der Waals surface area contributed by atoms with Crippen molar-refractivity contribution in [2.45, 2.75) is 13.3 Å². The lowest BCUT2D eigenvalue weighted by atomic mass is 9.84. The number of benzene rings is 1. The Labute approximate surface area is 99.0 Å². The normalized spacial score (nSPS) is 17.6. The quantitative estimate of drug-likeness (QED) is 0.870. The monoisotopic (exact) mass is 239 g/mol. The predicted molar refractivity (Wildman–Crippen MR) is 60.6 cm³/mol. The van der Waals surface area contributed by atoms with Gasteiger partial charge in [0.2, 0.25) is 0 Å². The van der Waals surface area contributed by atoms with Crippen LogP contribution < -0.4 is 5.32 Å². The second-order valence-corrected chi connectivity index (χ2v) is 4.63. The van der Waals surface area contributed by atoms with Crippen molar-refractivity contribution < 1.29 is 13.6 Å². The largest absolute Gasteiger partial charge is 0.316 e. The van der Waals surface area contributed by atoms with Crippen LogP contribution in [-0.4, -0.2) is 18.9 Å². The molecule has 2 rings (SSSR count). The van der Waals surface area contributed by atoms with E-state index in [0.29, 0.717) is 11.5 Å². The maximum absolute atomic E-state index is 13.0. The zero-order valence-electron chi connectivity index (χ0n) is 9.67. The van der Waals surface area contributed by atoms with Crippen LogP contribution in [0.1, 0.15) is 12.5 Å². The summed E-state index contributed by atoms with van der Waals surface area (Å²) in [6, 6.07) is 3.24. The standard InChI is InChI=1S/C13H15F2NO/c1-8(10-6-16-7-10)13(17)4-9-2-11(14)5-12(15)3-9/h2-3,5,8,10,16H,4,6-7H2,1H3. The van der Waals surface area contributed by atoms with Crippen LogP contribution in [0.2, 0.25) is 0 Å². The molecule has 1 aliphatic rings. The highest BCUT2D eigenvalue weighted by molar-refractivity contribution is 5.83. The van der Waals surface area contributed by atoms with Gasteiger partial charge in [0.1, 0.15) is 17.4 Å². The molecule has 17 heavy (non-hydrogen) atoms. The fourth-order valence-electron chi connectivity index (χ4n) is 2.00. The summed E-state index contributed by atoms with van der Waals surface area (Å²) in [6.07, 6.45) is 0.104. The van der Waals surface area contributed by atoms with Crippen LogP contribution in [0.4, 0.5) is 8.78 Å². The molecule has 1 heterocycles. The summed E-state index contributed by atoms with van der Waals surface area (Å²) in [7, 11) is 0. The molecule has 4 heteroatoms. The van der Waals surface area contributed by atoms with Crippen molar-refractivity contribution in [3.63, 3.8) is 0 Å². The highest BCUT2D eigenvalue weighted by Gasteiger charge is 2.28. The first-order valence-corrected chi connectivity index (χ1v) is 5.74. The molecule has 2 nitrogen and oxygen atoms in total. The van der Waals surface area contributed by atoms with Crippen LogP contribution in [-0.2, 0) is 11.2 Å². The molecule has 1 fully saturated rings. The summed E-state index contributed by atoms with van der Waals surface area (Å²) < 4.78 is 25.9. The Bertz CT molecular complexity index is 409. The smallest absolute Gasteiger partial charge is 0.140 e. The van der Waals surface area contributed by atoms with E-state index in [9.17, 15) is 13.6 Å². The third-order valence-corrected chi connectivity index (χ3v) is 3.33. The summed E-state index contributed by atoms with van der Waals surface area (Å²) in [4.78, 5) is 11.9. The van der Waals surface area contributed by atoms with Gasteiger partial charge >= 0.3 is 0 Å². The maximum Gasteiger partial charge on any atom is 0.140 e. The number of nitrogens with one attached hydrogen (secondary N) is 1. The minimum Gasteiger partial charge on any atom is -0.316 e. The van der Waals surface area contributed by atoms with E-state index in [1.165, 1.54) is 12.1 Å². The molecule has 1 unspecified atom stereocenters. The number of hydrogen-bond donors (Lipinski definition) is 1. The van der Waals surface area contributed by atoms with Crippen LogP contribution in [0, 0.1) is 23.5 Å². The van der Waals surface area contributed by atoms with Gasteiger partial charge in [0.25, 0.3) is 0 Å². The Hall–Kier alpha value is -1.29. The Kier molecular flexibility index (Phi) is 3.52. The molecule has 1 atom stereocenters. The van der Waals surface area contributed by atoms with Crippen LogP contribution in [0.15, 0.2) is 18.2 Å². The number of carbonyl (C=O) groups excluding carboxylic acids is 1. The number of rotatable bonds is 4. The SMILES string of the molecule is CC(C(=O)Cc1cc(F)cc(F)c1)C1CNC1. The van der Waals surface area contributed by atoms with Crippen LogP contribution >= 0.6 is 0 Å². The Morgan fingerprint density at radius 2 is 1.94 bits per heavy atom. The molecule has 0 saturated carbocycles. The van der Waals surface area contributed by atoms with Crippen molar-refractivity contribution in [2.24, 2.45) is 11.8 Å². The van der Waals surface area contributed by atoms with Crippen LogP contribution in [0.5, 0.6) is 0 Å². The van der Waals surface area contributed by atoms with Gasteiger partial charge in [-0.2, -0.15) is 0 Å². The van der Waals surface area contributed by atoms with Gasteiger partial charge in [-0.3, -0.25) is 4.79 Å². The van der Waals surface area contributed by atoms with E-state index in [-0.39, 0.29) is 18.1 Å². The van der Waals surface area contributed by atoms with Gasteiger partial charge in [-0.05, 0) is 36.7 Å². The first kappa shape index (κ1) is 12.2. The fourth-order valence-corrected chi connectivity index (χ4v) is 2.00. The molecule has 1 saturated heterocycles. The molecule has 0 radical (unpaired) electrons. The van der Waals surface area contributed by atoms with Crippen molar-refractivity contribution in [2.75, 3.05) is 13.1 Å². The average molecular weight is 239 g/mol. The molecule has 92 valence electrons. The van der Waals surface area contributed by atoms with Crippen molar-refractivity contribution >= 4 is 5.78 Å². The fraction of sp³-hybridized carbons (Fsp3) is 0.462. The molecule has 0 amide bonds. The van der Waals surface area contributed by atoms with E-state index in [1.807, 2.05) is 6.92 Å². The van der Waals surface area contributed by atoms with Crippen molar-refractivity contribution in [1.29, 1.82) is 0 Å². The van der Waals surface area contributed by atoms with Crippen LogP contribution in [0.25, 0.3) is 0 Å². The molecular formula is C13H15F2NO. The van der Waals surface area contributed by atoms with E-state index >= 15 is 0 Å². The lowest BCUT2D eigenvalue weighted by Gasteiger charge is -2.31. The first-order valence-electron chi connectivity index (χ1n) is 5.74. The molecule has 1 aromatic rings. The van der Waals surface area contributed by atoms with Crippen molar-refractivity contribution in [1.82, 2.24) is 5.32 Å². The third kappa shape index (κ3) is 2.88. The minimum atomic E-state index is -0.634. The van der Waals surface area contributed by atoms with Gasteiger partial charge in [-0.25, -0.2) is 8.78 Å². The molecule has 0 bridgehead atoms. The van der Waals surface area contributed by atoms with E-state index in [1.54, 1.807) is 0 Å². The van der Waals surface area contributed by atoms with E-state index < -0.39 is 11.6 Å². The average Bonchev–Trinajstić information content (AvgIpc) is 2.12. The third-order valence-electron chi connectivity index (χ3n) is 3.33. The molecule has 1 N–H and O–H groups in total. The summed E-state index contributed by atoms with van der Waals surface area (Å²) in [5.41, 5.74) is 0.409. The van der Waals surface area contributed by atoms with E-state index in [2.05, 4.69) is 5.32 Å². The minimum absolute atomic E-state index is 0.0431. The number of carbonyl (C=O) groups is 1. The Balaban J connectivity index is 2.01. The molecule has 1 aliphatic heterocycles. The lowest BCUT2D eigenvalue weighted by Crippen LogP contribution is -2.47. The van der Waals surface area contributed by atoms with Crippen LogP contribution in [0.3, 0.4) is 0 Å². The summed E-state index contributed by atoms with van der Waals surface area (Å²) in [5.74, 6) is -0.915. The van der Waals surface area contributed by atoms with Crippen molar-refractivity contribution in [3.05, 3.63) is 35.4 Å². The molecule has 0 aromatic heterocycles. The zero-order valence-corrected chi connectivity index (χ0v) is 9.67. The zero-order chi connectivity index (χ0) is 12.4. The molecule has 0 aliphatic carbocycles. The maximum atomic E-state index is 13.0. The number of hydrogen-bond acceptors (Lipinski definition) is 2. The molecular weight excluding hydrogens is 224 g/mol. The van der Waals surface area contributed by atoms with Gasteiger partial charge < -0.3 is 5.32 Å². The van der Waals surface area contributed by atoms with Gasteiger partial charge in [-0.15, -0.1) is 0 Å². The highest BCUT2D eigenvalue weighted by atomic mass is 19.1. The first-order chi connectivity index (χ1) is 8.06. The number of halogens is 2. The second kappa shape index (κ2) is 4.92. The second-order valence-electron chi connectivity index (χ2n) is 4.63. The summed E-state index contributed by atoms with van der Waals surface area (Å²) in [5, 5.41) is 3.11.